The van der Waals surface area contributed by atoms with Gasteiger partial charge in [-0.05, 0) is 25.8 Å². The maximum Gasteiger partial charge on any atom is 0.0335 e. The van der Waals surface area contributed by atoms with Crippen molar-refractivity contribution in [2.75, 3.05) is 20.1 Å². The molecular weight excluding hydrogens is 183 g/mol. The minimum Gasteiger partial charge on any atom is -0.329 e. The number of nitrogens with zero attached hydrogens (tertiary/aromatic N) is 1. The first kappa shape index (κ1) is 11.5. The van der Waals surface area contributed by atoms with Crippen LogP contribution in [0, 0.1) is 5.92 Å². The quantitative estimate of drug-likeness (QED) is 0.679. The third-order valence-electron chi connectivity index (χ3n) is 3.06. The van der Waals surface area contributed by atoms with Crippen LogP contribution in [0.3, 0.4) is 0 Å². The monoisotopic (exact) mass is 198 g/mol. The van der Waals surface area contributed by atoms with Gasteiger partial charge in [-0.1, -0.05) is 0 Å². The van der Waals surface area contributed by atoms with Crippen LogP contribution in [-0.4, -0.2) is 30.6 Å². The first-order chi connectivity index (χ1) is 4.27. The van der Waals surface area contributed by atoms with E-state index >= 15 is 0 Å². The van der Waals surface area contributed by atoms with Gasteiger partial charge in [0.2, 0.25) is 0 Å². The molecule has 1 aliphatic carbocycles. The highest BCUT2D eigenvalue weighted by molar-refractivity contribution is 5.85. The summed E-state index contributed by atoms with van der Waals surface area (Å²) in [5.74, 6) is 0.985. The Bertz CT molecular complexity index is 134. The van der Waals surface area contributed by atoms with E-state index in [9.17, 15) is 0 Å². The second kappa shape index (κ2) is 3.48. The molecule has 3 rings (SSSR count). The highest BCUT2D eigenvalue weighted by atomic mass is 35.5. The summed E-state index contributed by atoms with van der Waals surface area (Å²) in [6, 6.07) is 0. The molecule has 2 heterocycles. The second-order valence-corrected chi connectivity index (χ2v) is 3.58. The van der Waals surface area contributed by atoms with Crippen molar-refractivity contribution in [1.82, 2.24) is 4.90 Å². The van der Waals surface area contributed by atoms with Crippen LogP contribution in [0.2, 0.25) is 0 Å². The van der Waals surface area contributed by atoms with Gasteiger partial charge < -0.3 is 5.73 Å². The molecule has 0 radical (unpaired) electrons. The van der Waals surface area contributed by atoms with Gasteiger partial charge in [-0.2, -0.15) is 0 Å². The van der Waals surface area contributed by atoms with Gasteiger partial charge in [0.1, 0.15) is 0 Å². The Morgan fingerprint density at radius 3 is 2.18 bits per heavy atom. The van der Waals surface area contributed by atoms with Crippen LogP contribution in [0.1, 0.15) is 12.8 Å². The Hall–Kier alpha value is 0.500. The maximum absolute atomic E-state index is 5.65. The van der Waals surface area contributed by atoms with Crippen molar-refractivity contribution in [3.05, 3.63) is 0 Å². The van der Waals surface area contributed by atoms with E-state index in [4.69, 9.17) is 5.73 Å². The molecule has 2 N–H and O–H groups in total. The van der Waals surface area contributed by atoms with Gasteiger partial charge in [0.25, 0.3) is 0 Å². The van der Waals surface area contributed by atoms with Crippen molar-refractivity contribution in [3.63, 3.8) is 0 Å². The number of halogens is 2. The van der Waals surface area contributed by atoms with E-state index in [0.717, 1.165) is 12.5 Å². The zero-order chi connectivity index (χ0) is 6.48. The van der Waals surface area contributed by atoms with Gasteiger partial charge in [-0.15, -0.1) is 24.8 Å². The fourth-order valence-electron chi connectivity index (χ4n) is 2.36. The molecule has 0 unspecified atom stereocenters. The number of fused-ring (bicyclic) bond motifs is 1. The minimum absolute atomic E-state index is 0. The Kier molecular flexibility index (Phi) is 3.64. The molecule has 0 aromatic heterocycles. The topological polar surface area (TPSA) is 29.3 Å². The second-order valence-electron chi connectivity index (χ2n) is 3.58. The standard InChI is InChI=1S/C7H14N2.2ClH/c1-9-4-6-2-7(9,3-6)5-8;;/h6H,2-5,8H2,1H3;2*1H. The van der Waals surface area contributed by atoms with Crippen molar-refractivity contribution >= 4 is 24.8 Å². The van der Waals surface area contributed by atoms with E-state index in [2.05, 4.69) is 11.9 Å². The molecule has 2 saturated heterocycles. The smallest absolute Gasteiger partial charge is 0.0335 e. The third kappa shape index (κ3) is 1.37. The molecule has 0 aromatic rings. The van der Waals surface area contributed by atoms with E-state index < -0.39 is 0 Å². The van der Waals surface area contributed by atoms with Gasteiger partial charge in [-0.3, -0.25) is 4.90 Å². The molecule has 68 valence electrons. The molecule has 0 amide bonds. The molecule has 4 heteroatoms. The zero-order valence-electron chi connectivity index (χ0n) is 6.75. The summed E-state index contributed by atoms with van der Waals surface area (Å²) >= 11 is 0. The van der Waals surface area contributed by atoms with Gasteiger partial charge in [0.15, 0.2) is 0 Å². The number of nitrogens with two attached hydrogens (primary N) is 1. The molecule has 1 saturated carbocycles. The summed E-state index contributed by atoms with van der Waals surface area (Å²) in [7, 11) is 2.19. The molecule has 2 bridgehead atoms. The summed E-state index contributed by atoms with van der Waals surface area (Å²) in [6.45, 7) is 2.15. The molecule has 2 aliphatic heterocycles. The predicted molar refractivity (Wildman–Crippen MR) is 51.6 cm³/mol. The molecule has 11 heavy (non-hydrogen) atoms. The van der Waals surface area contributed by atoms with Crippen LogP contribution in [0.25, 0.3) is 0 Å². The van der Waals surface area contributed by atoms with Crippen LogP contribution in [-0.2, 0) is 0 Å². The average Bonchev–Trinajstić information content (AvgIpc) is 2.17. The predicted octanol–water partition coefficient (Wildman–Crippen LogP) is 0.883. The summed E-state index contributed by atoms with van der Waals surface area (Å²) in [5, 5.41) is 0. The fourth-order valence-corrected chi connectivity index (χ4v) is 2.36. The Balaban J connectivity index is 0.000000500. The van der Waals surface area contributed by atoms with Crippen molar-refractivity contribution in [2.45, 2.75) is 18.4 Å². The molecule has 3 fully saturated rings. The molecule has 0 atom stereocenters. The van der Waals surface area contributed by atoms with Crippen LogP contribution in [0.15, 0.2) is 0 Å². The van der Waals surface area contributed by atoms with Crippen molar-refractivity contribution < 1.29 is 0 Å². The van der Waals surface area contributed by atoms with Gasteiger partial charge in [0, 0.05) is 18.6 Å². The van der Waals surface area contributed by atoms with Crippen LogP contribution >= 0.6 is 24.8 Å². The summed E-state index contributed by atoms with van der Waals surface area (Å²) in [5.41, 5.74) is 6.10. The minimum atomic E-state index is 0. The first-order valence-corrected chi connectivity index (χ1v) is 3.68. The van der Waals surface area contributed by atoms with Crippen LogP contribution in [0.5, 0.6) is 0 Å². The number of hydrogen-bond donors (Lipinski definition) is 1. The summed E-state index contributed by atoms with van der Waals surface area (Å²) in [4.78, 5) is 2.43. The average molecular weight is 199 g/mol. The van der Waals surface area contributed by atoms with Crippen molar-refractivity contribution in [3.8, 4) is 0 Å². The SMILES string of the molecule is CN1CC2CC1(CN)C2.Cl.Cl. The van der Waals surface area contributed by atoms with Crippen molar-refractivity contribution in [1.29, 1.82) is 0 Å². The number of hydrogen-bond acceptors (Lipinski definition) is 2. The van der Waals surface area contributed by atoms with Crippen LogP contribution in [0.4, 0.5) is 0 Å². The van der Waals surface area contributed by atoms with Gasteiger partial charge in [-0.25, -0.2) is 0 Å². The van der Waals surface area contributed by atoms with Gasteiger partial charge in [0.05, 0.1) is 0 Å². The zero-order valence-corrected chi connectivity index (χ0v) is 8.38. The van der Waals surface area contributed by atoms with E-state index in [-0.39, 0.29) is 24.8 Å². The largest absolute Gasteiger partial charge is 0.329 e. The number of likely N-dealkylation sites (N-methyl/N-ethyl adjacent to an activating group) is 1. The lowest BCUT2D eigenvalue weighted by molar-refractivity contribution is 0.140. The highest BCUT2D eigenvalue weighted by Crippen LogP contribution is 2.48. The van der Waals surface area contributed by atoms with Crippen LogP contribution < -0.4 is 5.73 Å². The normalized spacial score (nSPS) is 40.4. The summed E-state index contributed by atoms with van der Waals surface area (Å²) < 4.78 is 0. The Labute approximate surface area is 80.3 Å². The lowest BCUT2D eigenvalue weighted by atomic mass is 9.73. The molecular formula is C7H16Cl2N2. The molecule has 0 spiro atoms. The van der Waals surface area contributed by atoms with Crippen molar-refractivity contribution in [2.24, 2.45) is 11.7 Å². The highest BCUT2D eigenvalue weighted by Gasteiger charge is 2.52. The first-order valence-electron chi connectivity index (χ1n) is 3.68. The van der Waals surface area contributed by atoms with Gasteiger partial charge >= 0.3 is 0 Å². The fraction of sp³-hybridized carbons (Fsp3) is 1.00. The lowest BCUT2D eigenvalue weighted by Gasteiger charge is -2.40. The summed E-state index contributed by atoms with van der Waals surface area (Å²) in [6.07, 6.45) is 2.72. The maximum atomic E-state index is 5.65. The van der Waals surface area contributed by atoms with E-state index in [1.165, 1.54) is 19.4 Å². The lowest BCUT2D eigenvalue weighted by Crippen LogP contribution is -2.50. The van der Waals surface area contributed by atoms with E-state index in [0.29, 0.717) is 5.54 Å². The van der Waals surface area contributed by atoms with E-state index in [1.807, 2.05) is 0 Å². The Morgan fingerprint density at radius 1 is 1.45 bits per heavy atom. The number of rotatable bonds is 1. The molecule has 3 aliphatic rings. The molecule has 2 nitrogen and oxygen atoms in total. The Morgan fingerprint density at radius 2 is 2.00 bits per heavy atom. The van der Waals surface area contributed by atoms with E-state index in [1.54, 1.807) is 0 Å². The molecule has 0 aromatic carbocycles. The third-order valence-corrected chi connectivity index (χ3v) is 3.06.